The number of hydrogen-bond donors (Lipinski definition) is 2. The molecule has 0 aliphatic rings. The Morgan fingerprint density at radius 1 is 1.26 bits per heavy atom. The van der Waals surface area contributed by atoms with Crippen LogP contribution in [0.2, 0.25) is 0 Å². The highest BCUT2D eigenvalue weighted by atomic mass is 16.4. The number of benzene rings is 1. The zero-order valence-corrected chi connectivity index (χ0v) is 13.5. The number of nitrogens with zero attached hydrogens (tertiary/aromatic N) is 2. The maximum atomic E-state index is 12.2. The molecular weight excluding hydrogens is 294 g/mol. The number of carboxylic acid groups (broad SMARTS) is 1. The van der Waals surface area contributed by atoms with E-state index < -0.39 is 12.0 Å². The van der Waals surface area contributed by atoms with Crippen LogP contribution in [0.4, 0.5) is 0 Å². The Morgan fingerprint density at radius 2 is 1.91 bits per heavy atom. The van der Waals surface area contributed by atoms with Crippen molar-refractivity contribution in [3.05, 3.63) is 53.3 Å². The molecule has 2 atom stereocenters. The van der Waals surface area contributed by atoms with E-state index in [2.05, 4.69) is 10.4 Å². The lowest BCUT2D eigenvalue weighted by Gasteiger charge is -2.18. The van der Waals surface area contributed by atoms with Crippen LogP contribution in [0, 0.1) is 13.8 Å². The zero-order chi connectivity index (χ0) is 17.0. The fraction of sp³-hybridized carbons (Fsp3) is 0.353. The average molecular weight is 315 g/mol. The average Bonchev–Trinajstić information content (AvgIpc) is 2.84. The van der Waals surface area contributed by atoms with Gasteiger partial charge in [0.15, 0.2) is 6.04 Å². The standard InChI is InChI=1S/C17H21N3O3/c1-11-9-12(2)20(19-11)13(3)10-15(21)18-16(17(22)23)14-7-5-4-6-8-14/h4-9,13,16H,10H2,1-3H3,(H,18,21)(H,22,23)/t13?,16-/m1/s1. The third-order valence-electron chi connectivity index (χ3n) is 3.63. The first-order valence-electron chi connectivity index (χ1n) is 7.48. The summed E-state index contributed by atoms with van der Waals surface area (Å²) in [4.78, 5) is 23.6. The summed E-state index contributed by atoms with van der Waals surface area (Å²) in [6.45, 7) is 5.71. The second kappa shape index (κ2) is 7.09. The van der Waals surface area contributed by atoms with Crippen molar-refractivity contribution in [1.29, 1.82) is 0 Å². The van der Waals surface area contributed by atoms with Gasteiger partial charge in [-0.2, -0.15) is 5.10 Å². The van der Waals surface area contributed by atoms with Gasteiger partial charge in [0.25, 0.3) is 0 Å². The normalized spacial score (nSPS) is 13.3. The summed E-state index contributed by atoms with van der Waals surface area (Å²) in [5.41, 5.74) is 2.41. The maximum absolute atomic E-state index is 12.2. The van der Waals surface area contributed by atoms with Crippen molar-refractivity contribution in [2.75, 3.05) is 0 Å². The lowest BCUT2D eigenvalue weighted by molar-refractivity contribution is -0.142. The van der Waals surface area contributed by atoms with Gasteiger partial charge in [-0.25, -0.2) is 4.79 Å². The van der Waals surface area contributed by atoms with Gasteiger partial charge >= 0.3 is 5.97 Å². The van der Waals surface area contributed by atoms with Gasteiger partial charge in [0.05, 0.1) is 11.7 Å². The molecular formula is C17H21N3O3. The molecule has 1 unspecified atom stereocenters. The number of aromatic nitrogens is 2. The maximum Gasteiger partial charge on any atom is 0.330 e. The SMILES string of the molecule is Cc1cc(C)n(C(C)CC(=O)N[C@@H](C(=O)O)c2ccccc2)n1. The van der Waals surface area contributed by atoms with E-state index in [4.69, 9.17) is 0 Å². The smallest absolute Gasteiger partial charge is 0.330 e. The van der Waals surface area contributed by atoms with E-state index in [0.29, 0.717) is 5.56 Å². The topological polar surface area (TPSA) is 84.2 Å². The van der Waals surface area contributed by atoms with Crippen LogP contribution in [0.25, 0.3) is 0 Å². The van der Waals surface area contributed by atoms with Crippen LogP contribution in [0.1, 0.15) is 42.4 Å². The Bertz CT molecular complexity index is 694. The molecule has 0 aliphatic heterocycles. The first kappa shape index (κ1) is 16.7. The highest BCUT2D eigenvalue weighted by Gasteiger charge is 2.23. The first-order valence-corrected chi connectivity index (χ1v) is 7.48. The van der Waals surface area contributed by atoms with Gasteiger partial charge in [0.1, 0.15) is 0 Å². The number of amides is 1. The lowest BCUT2D eigenvalue weighted by Crippen LogP contribution is -2.34. The number of nitrogens with one attached hydrogen (secondary N) is 1. The largest absolute Gasteiger partial charge is 0.479 e. The van der Waals surface area contributed by atoms with Crippen LogP contribution >= 0.6 is 0 Å². The van der Waals surface area contributed by atoms with Crippen molar-refractivity contribution in [3.63, 3.8) is 0 Å². The molecule has 23 heavy (non-hydrogen) atoms. The Kier molecular flexibility index (Phi) is 5.16. The van der Waals surface area contributed by atoms with Crippen LogP contribution in [0.15, 0.2) is 36.4 Å². The van der Waals surface area contributed by atoms with Crippen molar-refractivity contribution < 1.29 is 14.7 Å². The molecule has 0 fully saturated rings. The minimum atomic E-state index is -1.08. The molecule has 0 saturated heterocycles. The molecule has 0 spiro atoms. The minimum absolute atomic E-state index is 0.145. The summed E-state index contributed by atoms with van der Waals surface area (Å²) < 4.78 is 1.78. The molecule has 6 nitrogen and oxygen atoms in total. The molecule has 1 amide bonds. The minimum Gasteiger partial charge on any atom is -0.479 e. The number of aliphatic carboxylic acids is 1. The van der Waals surface area contributed by atoms with Crippen molar-refractivity contribution in [2.45, 2.75) is 39.3 Å². The van der Waals surface area contributed by atoms with Crippen LogP contribution in [-0.4, -0.2) is 26.8 Å². The molecule has 1 heterocycles. The second-order valence-electron chi connectivity index (χ2n) is 5.67. The van der Waals surface area contributed by atoms with Gasteiger partial charge < -0.3 is 10.4 Å². The number of carbonyl (C=O) groups excluding carboxylic acids is 1. The molecule has 1 aromatic carbocycles. The van der Waals surface area contributed by atoms with Gasteiger partial charge in [-0.05, 0) is 32.4 Å². The predicted octanol–water partition coefficient (Wildman–Crippen LogP) is 2.39. The molecule has 2 aromatic rings. The number of aryl methyl sites for hydroxylation is 2. The van der Waals surface area contributed by atoms with E-state index in [1.807, 2.05) is 26.8 Å². The van der Waals surface area contributed by atoms with Crippen molar-refractivity contribution >= 4 is 11.9 Å². The Balaban J connectivity index is 2.05. The van der Waals surface area contributed by atoms with Gasteiger partial charge in [0.2, 0.25) is 5.91 Å². The van der Waals surface area contributed by atoms with Gasteiger partial charge in [0, 0.05) is 12.1 Å². The monoisotopic (exact) mass is 315 g/mol. The quantitative estimate of drug-likeness (QED) is 0.857. The highest BCUT2D eigenvalue weighted by Crippen LogP contribution is 2.17. The number of carbonyl (C=O) groups is 2. The number of rotatable bonds is 6. The summed E-state index contributed by atoms with van der Waals surface area (Å²) in [5, 5.41) is 16.3. The summed E-state index contributed by atoms with van der Waals surface area (Å²) in [5.74, 6) is -1.40. The van der Waals surface area contributed by atoms with E-state index in [1.54, 1.807) is 35.0 Å². The number of carboxylic acids is 1. The molecule has 6 heteroatoms. The second-order valence-corrected chi connectivity index (χ2v) is 5.67. The lowest BCUT2D eigenvalue weighted by atomic mass is 10.1. The van der Waals surface area contributed by atoms with Crippen molar-refractivity contribution in [2.24, 2.45) is 0 Å². The van der Waals surface area contributed by atoms with Crippen molar-refractivity contribution in [1.82, 2.24) is 15.1 Å². The zero-order valence-electron chi connectivity index (χ0n) is 13.5. The van der Waals surface area contributed by atoms with Crippen LogP contribution in [-0.2, 0) is 9.59 Å². The summed E-state index contributed by atoms with van der Waals surface area (Å²) in [6.07, 6.45) is 0.165. The van der Waals surface area contributed by atoms with E-state index in [0.717, 1.165) is 11.4 Å². The third kappa shape index (κ3) is 4.18. The van der Waals surface area contributed by atoms with E-state index in [1.165, 1.54) is 0 Å². The Morgan fingerprint density at radius 3 is 2.43 bits per heavy atom. The van der Waals surface area contributed by atoms with E-state index >= 15 is 0 Å². The van der Waals surface area contributed by atoms with Gasteiger partial charge in [-0.15, -0.1) is 0 Å². The fourth-order valence-corrected chi connectivity index (χ4v) is 2.60. The van der Waals surface area contributed by atoms with E-state index in [9.17, 15) is 14.7 Å². The highest BCUT2D eigenvalue weighted by molar-refractivity contribution is 5.84. The van der Waals surface area contributed by atoms with Gasteiger partial charge in [-0.1, -0.05) is 30.3 Å². The van der Waals surface area contributed by atoms with E-state index in [-0.39, 0.29) is 18.4 Å². The van der Waals surface area contributed by atoms with Crippen LogP contribution in [0.3, 0.4) is 0 Å². The van der Waals surface area contributed by atoms with Crippen LogP contribution in [0.5, 0.6) is 0 Å². The number of hydrogen-bond acceptors (Lipinski definition) is 3. The molecule has 0 bridgehead atoms. The van der Waals surface area contributed by atoms with Crippen molar-refractivity contribution in [3.8, 4) is 0 Å². The molecule has 0 radical (unpaired) electrons. The molecule has 0 aliphatic carbocycles. The first-order chi connectivity index (χ1) is 10.9. The summed E-state index contributed by atoms with van der Waals surface area (Å²) in [6, 6.07) is 9.41. The molecule has 0 saturated carbocycles. The fourth-order valence-electron chi connectivity index (χ4n) is 2.60. The predicted molar refractivity (Wildman–Crippen MR) is 86.0 cm³/mol. The molecule has 2 rings (SSSR count). The van der Waals surface area contributed by atoms with Gasteiger partial charge in [-0.3, -0.25) is 9.48 Å². The van der Waals surface area contributed by atoms with Crippen LogP contribution < -0.4 is 5.32 Å². The Hall–Kier alpha value is -2.63. The summed E-state index contributed by atoms with van der Waals surface area (Å²) in [7, 11) is 0. The molecule has 1 aromatic heterocycles. The molecule has 2 N–H and O–H groups in total. The molecule has 122 valence electrons. The third-order valence-corrected chi connectivity index (χ3v) is 3.63. The summed E-state index contributed by atoms with van der Waals surface area (Å²) >= 11 is 0. The Labute approximate surface area is 135 Å².